The molecule has 2 aliphatic heterocycles. The first-order chi connectivity index (χ1) is 13.2. The Bertz CT molecular complexity index is 824. The van der Waals surface area contributed by atoms with E-state index >= 15 is 0 Å². The van der Waals surface area contributed by atoms with E-state index in [2.05, 4.69) is 17.4 Å². The molecule has 2 aliphatic rings. The Labute approximate surface area is 158 Å². The van der Waals surface area contributed by atoms with Crippen molar-refractivity contribution in [2.75, 3.05) is 31.1 Å². The molecule has 3 amide bonds. The molecule has 27 heavy (non-hydrogen) atoms. The highest BCUT2D eigenvalue weighted by Gasteiger charge is 2.30. The van der Waals surface area contributed by atoms with Gasteiger partial charge in [-0.3, -0.25) is 9.69 Å². The largest absolute Gasteiger partial charge is 0.371 e. The van der Waals surface area contributed by atoms with Crippen LogP contribution in [-0.2, 0) is 22.6 Å². The van der Waals surface area contributed by atoms with E-state index in [1.54, 1.807) is 9.80 Å². The van der Waals surface area contributed by atoms with Crippen molar-refractivity contribution < 1.29 is 14.3 Å². The van der Waals surface area contributed by atoms with E-state index < -0.39 is 0 Å². The smallest absolute Gasteiger partial charge is 0.325 e. The van der Waals surface area contributed by atoms with E-state index in [-0.39, 0.29) is 24.6 Å². The molecule has 1 fully saturated rings. The Morgan fingerprint density at radius 3 is 2.59 bits per heavy atom. The summed E-state index contributed by atoms with van der Waals surface area (Å²) in [7, 11) is 0. The maximum absolute atomic E-state index is 12.5. The number of fused-ring (bicyclic) bond motifs is 1. The van der Waals surface area contributed by atoms with E-state index in [0.717, 1.165) is 12.1 Å². The third kappa shape index (κ3) is 3.95. The topological polar surface area (TPSA) is 61.9 Å². The Morgan fingerprint density at radius 2 is 1.78 bits per heavy atom. The number of ether oxygens (including phenoxy) is 1. The highest BCUT2D eigenvalue weighted by atomic mass is 16.5. The second-order valence-electron chi connectivity index (χ2n) is 6.90. The zero-order valence-electron chi connectivity index (χ0n) is 15.1. The van der Waals surface area contributed by atoms with Gasteiger partial charge in [0, 0.05) is 31.7 Å². The van der Waals surface area contributed by atoms with Crippen molar-refractivity contribution >= 4 is 17.6 Å². The summed E-state index contributed by atoms with van der Waals surface area (Å²) in [5.41, 5.74) is 3.35. The van der Waals surface area contributed by atoms with Crippen LogP contribution in [-0.4, -0.2) is 49.1 Å². The Kier molecular flexibility index (Phi) is 5.07. The number of benzene rings is 2. The van der Waals surface area contributed by atoms with Crippen molar-refractivity contribution in [3.8, 4) is 0 Å². The summed E-state index contributed by atoms with van der Waals surface area (Å²) >= 11 is 0. The van der Waals surface area contributed by atoms with Gasteiger partial charge >= 0.3 is 6.03 Å². The molecule has 140 valence electrons. The number of nitrogens with one attached hydrogen (secondary N) is 1. The number of rotatable bonds is 5. The van der Waals surface area contributed by atoms with Gasteiger partial charge in [-0.25, -0.2) is 4.79 Å². The van der Waals surface area contributed by atoms with Gasteiger partial charge in [-0.1, -0.05) is 42.5 Å². The molecule has 0 radical (unpaired) electrons. The number of nitrogens with zero attached hydrogens (tertiary/aromatic N) is 2. The lowest BCUT2D eigenvalue weighted by Gasteiger charge is -2.26. The zero-order chi connectivity index (χ0) is 18.6. The van der Waals surface area contributed by atoms with Gasteiger partial charge in [-0.2, -0.15) is 0 Å². The summed E-state index contributed by atoms with van der Waals surface area (Å²) < 4.78 is 5.82. The molecule has 0 aromatic heterocycles. The van der Waals surface area contributed by atoms with Crippen LogP contribution in [0.1, 0.15) is 11.1 Å². The van der Waals surface area contributed by atoms with E-state index in [9.17, 15) is 9.59 Å². The fourth-order valence-electron chi connectivity index (χ4n) is 3.57. The Hall–Kier alpha value is -2.86. The molecule has 2 heterocycles. The van der Waals surface area contributed by atoms with E-state index in [1.165, 1.54) is 11.1 Å². The van der Waals surface area contributed by atoms with Crippen LogP contribution in [0.15, 0.2) is 54.6 Å². The van der Waals surface area contributed by atoms with Crippen LogP contribution in [0.3, 0.4) is 0 Å². The number of carbonyl (C=O) groups is 2. The highest BCUT2D eigenvalue weighted by Crippen LogP contribution is 2.21. The van der Waals surface area contributed by atoms with Gasteiger partial charge in [0.2, 0.25) is 5.91 Å². The van der Waals surface area contributed by atoms with E-state index in [4.69, 9.17) is 4.74 Å². The fourth-order valence-corrected chi connectivity index (χ4v) is 3.57. The van der Waals surface area contributed by atoms with Crippen LogP contribution in [0.25, 0.3) is 0 Å². The molecule has 2 aromatic rings. The molecule has 1 saturated heterocycles. The van der Waals surface area contributed by atoms with Gasteiger partial charge in [0.05, 0.1) is 12.7 Å². The SMILES string of the molecule is O=C(CN1CCN(c2ccccc2)C1=O)NC[C@H]1Cc2ccccc2CO1. The summed E-state index contributed by atoms with van der Waals surface area (Å²) in [4.78, 5) is 28.1. The first-order valence-electron chi connectivity index (χ1n) is 9.27. The molecule has 0 saturated carbocycles. The van der Waals surface area contributed by atoms with Gasteiger partial charge in [-0.15, -0.1) is 0 Å². The summed E-state index contributed by atoms with van der Waals surface area (Å²) in [6.07, 6.45) is 0.764. The molecule has 1 N–H and O–H groups in total. The molecule has 6 nitrogen and oxygen atoms in total. The van der Waals surface area contributed by atoms with Crippen molar-refractivity contribution in [2.45, 2.75) is 19.1 Å². The van der Waals surface area contributed by atoms with Crippen molar-refractivity contribution in [3.05, 3.63) is 65.7 Å². The standard InChI is InChI=1S/C21H23N3O3/c25-20(22-13-19-12-16-6-4-5-7-17(16)15-27-19)14-23-10-11-24(21(23)26)18-8-2-1-3-9-18/h1-9,19H,10-15H2,(H,22,25)/t19-/m1/s1. The number of urea groups is 1. The number of para-hydroxylation sites is 1. The van der Waals surface area contributed by atoms with Gasteiger partial charge in [0.15, 0.2) is 0 Å². The average Bonchev–Trinajstić information content (AvgIpc) is 3.07. The molecule has 4 rings (SSSR count). The van der Waals surface area contributed by atoms with Gasteiger partial charge in [0.1, 0.15) is 6.54 Å². The molecule has 6 heteroatoms. The second kappa shape index (κ2) is 7.80. The van der Waals surface area contributed by atoms with Crippen molar-refractivity contribution in [2.24, 2.45) is 0 Å². The number of carbonyl (C=O) groups excluding carboxylic acids is 2. The predicted molar refractivity (Wildman–Crippen MR) is 102 cm³/mol. The molecular formula is C21H23N3O3. The summed E-state index contributed by atoms with van der Waals surface area (Å²) in [5, 5.41) is 2.91. The number of hydrogen-bond acceptors (Lipinski definition) is 3. The molecule has 1 atom stereocenters. The maximum atomic E-state index is 12.5. The van der Waals surface area contributed by atoms with Crippen LogP contribution in [0.2, 0.25) is 0 Å². The van der Waals surface area contributed by atoms with Crippen LogP contribution in [0.5, 0.6) is 0 Å². The predicted octanol–water partition coefficient (Wildman–Crippen LogP) is 2.19. The van der Waals surface area contributed by atoms with Crippen LogP contribution >= 0.6 is 0 Å². The lowest BCUT2D eigenvalue weighted by atomic mass is 9.99. The van der Waals surface area contributed by atoms with Gasteiger partial charge in [-0.05, 0) is 23.3 Å². The minimum absolute atomic E-state index is 0.0288. The Morgan fingerprint density at radius 1 is 1.04 bits per heavy atom. The minimum atomic E-state index is -0.152. The summed E-state index contributed by atoms with van der Waals surface area (Å²) in [6.45, 7) is 2.25. The highest BCUT2D eigenvalue weighted by molar-refractivity contribution is 5.96. The third-order valence-electron chi connectivity index (χ3n) is 5.06. The zero-order valence-corrected chi connectivity index (χ0v) is 15.1. The van der Waals surface area contributed by atoms with Crippen LogP contribution in [0.4, 0.5) is 10.5 Å². The van der Waals surface area contributed by atoms with Crippen molar-refractivity contribution in [3.63, 3.8) is 0 Å². The summed E-state index contributed by atoms with van der Waals surface area (Å²) in [5.74, 6) is -0.152. The Balaban J connectivity index is 1.26. The quantitative estimate of drug-likeness (QED) is 0.884. The second-order valence-corrected chi connectivity index (χ2v) is 6.90. The monoisotopic (exact) mass is 365 g/mol. The normalized spacial score (nSPS) is 19.1. The van der Waals surface area contributed by atoms with Gasteiger partial charge < -0.3 is 15.0 Å². The fraction of sp³-hybridized carbons (Fsp3) is 0.333. The van der Waals surface area contributed by atoms with E-state index in [1.807, 2.05) is 42.5 Å². The molecule has 0 unspecified atom stereocenters. The molecule has 2 aromatic carbocycles. The maximum Gasteiger partial charge on any atom is 0.325 e. The molecular weight excluding hydrogens is 342 g/mol. The lowest BCUT2D eigenvalue weighted by Crippen LogP contribution is -2.43. The van der Waals surface area contributed by atoms with Crippen LogP contribution < -0.4 is 10.2 Å². The first kappa shape index (κ1) is 17.5. The van der Waals surface area contributed by atoms with Crippen molar-refractivity contribution in [1.29, 1.82) is 0 Å². The average molecular weight is 365 g/mol. The van der Waals surface area contributed by atoms with Crippen molar-refractivity contribution in [1.82, 2.24) is 10.2 Å². The van der Waals surface area contributed by atoms with Gasteiger partial charge in [0.25, 0.3) is 0 Å². The van der Waals surface area contributed by atoms with Crippen LogP contribution in [0, 0.1) is 0 Å². The summed E-state index contributed by atoms with van der Waals surface area (Å²) in [6, 6.07) is 17.6. The lowest BCUT2D eigenvalue weighted by molar-refractivity contribution is -0.122. The number of anilines is 1. The number of hydrogen-bond donors (Lipinski definition) is 1. The third-order valence-corrected chi connectivity index (χ3v) is 5.06. The number of amides is 3. The first-order valence-corrected chi connectivity index (χ1v) is 9.27. The minimum Gasteiger partial charge on any atom is -0.371 e. The molecule has 0 spiro atoms. The molecule has 0 bridgehead atoms. The van der Waals surface area contributed by atoms with E-state index in [0.29, 0.717) is 26.2 Å². The molecule has 0 aliphatic carbocycles.